The average Bonchev–Trinajstić information content (AvgIpc) is 3.07. The summed E-state index contributed by atoms with van der Waals surface area (Å²) in [6, 6.07) is 0. The highest BCUT2D eigenvalue weighted by atomic mass is 19.1. The molecule has 0 spiro atoms. The van der Waals surface area contributed by atoms with E-state index in [9.17, 15) is 14.0 Å². The largest absolute Gasteiger partial charge is 0.300 e. The molecule has 0 N–H and O–H groups in total. The number of ketones is 2. The number of allylic oxidation sites excluding steroid dienone is 6. The molecular formula is C25H33FO2. The van der Waals surface area contributed by atoms with Gasteiger partial charge in [0.1, 0.15) is 12.5 Å². The van der Waals surface area contributed by atoms with Gasteiger partial charge in [-0.2, -0.15) is 0 Å². The molecule has 2 unspecified atom stereocenters. The Morgan fingerprint density at radius 2 is 2.11 bits per heavy atom. The van der Waals surface area contributed by atoms with E-state index in [0.29, 0.717) is 35.9 Å². The van der Waals surface area contributed by atoms with Crippen molar-refractivity contribution in [1.82, 2.24) is 0 Å². The summed E-state index contributed by atoms with van der Waals surface area (Å²) >= 11 is 0. The third-order valence-corrected chi connectivity index (χ3v) is 8.35. The van der Waals surface area contributed by atoms with E-state index in [2.05, 4.69) is 12.2 Å². The van der Waals surface area contributed by atoms with Gasteiger partial charge in [0.2, 0.25) is 0 Å². The van der Waals surface area contributed by atoms with E-state index in [1.165, 1.54) is 12.0 Å². The molecule has 2 saturated carbocycles. The van der Waals surface area contributed by atoms with Crippen LogP contribution >= 0.6 is 0 Å². The van der Waals surface area contributed by atoms with Crippen LogP contribution in [-0.2, 0) is 9.59 Å². The van der Waals surface area contributed by atoms with Gasteiger partial charge in [0.05, 0.1) is 0 Å². The molecule has 4 aliphatic carbocycles. The molecule has 0 radical (unpaired) electrons. The quantitative estimate of drug-likeness (QED) is 0.429. The van der Waals surface area contributed by atoms with Gasteiger partial charge in [-0.25, -0.2) is 4.39 Å². The van der Waals surface area contributed by atoms with E-state index in [0.717, 1.165) is 44.9 Å². The van der Waals surface area contributed by atoms with Crippen LogP contribution in [-0.4, -0.2) is 18.2 Å². The lowest BCUT2D eigenvalue weighted by atomic mass is 9.51. The van der Waals surface area contributed by atoms with Crippen LogP contribution in [0.2, 0.25) is 0 Å². The number of carbonyl (C=O) groups is 2. The zero-order chi connectivity index (χ0) is 19.7. The highest BCUT2D eigenvalue weighted by Gasteiger charge is 2.58. The average molecular weight is 385 g/mol. The Morgan fingerprint density at radius 1 is 1.25 bits per heavy atom. The van der Waals surface area contributed by atoms with E-state index >= 15 is 0 Å². The van der Waals surface area contributed by atoms with Crippen molar-refractivity contribution < 1.29 is 14.0 Å². The Hall–Kier alpha value is -1.51. The minimum absolute atomic E-state index is 0.132. The van der Waals surface area contributed by atoms with Crippen molar-refractivity contribution in [2.45, 2.75) is 64.7 Å². The molecule has 0 aromatic rings. The van der Waals surface area contributed by atoms with Crippen LogP contribution in [0.25, 0.3) is 0 Å². The minimum atomic E-state index is -0.391. The van der Waals surface area contributed by atoms with Crippen LogP contribution in [0.5, 0.6) is 0 Å². The third-order valence-electron chi connectivity index (χ3n) is 8.35. The Bertz CT molecular complexity index is 718. The molecule has 4 aliphatic rings. The number of unbranched alkanes of at least 4 members (excludes halogenated alkanes) is 1. The summed E-state index contributed by atoms with van der Waals surface area (Å²) in [5, 5.41) is 0. The molecule has 0 aliphatic heterocycles. The predicted octanol–water partition coefficient (Wildman–Crippen LogP) is 5.79. The predicted molar refractivity (Wildman–Crippen MR) is 109 cm³/mol. The van der Waals surface area contributed by atoms with E-state index in [1.54, 1.807) is 13.0 Å². The Morgan fingerprint density at radius 3 is 2.89 bits per heavy atom. The summed E-state index contributed by atoms with van der Waals surface area (Å²) in [5.41, 5.74) is 1.38. The van der Waals surface area contributed by atoms with Crippen LogP contribution < -0.4 is 0 Å². The smallest absolute Gasteiger partial charge is 0.155 e. The van der Waals surface area contributed by atoms with Gasteiger partial charge in [-0.15, -0.1) is 0 Å². The number of alkyl halides is 1. The zero-order valence-electron chi connectivity index (χ0n) is 17.0. The van der Waals surface area contributed by atoms with Gasteiger partial charge >= 0.3 is 0 Å². The normalized spacial score (nSPS) is 39.4. The van der Waals surface area contributed by atoms with Gasteiger partial charge < -0.3 is 0 Å². The fourth-order valence-electron chi connectivity index (χ4n) is 7.29. The van der Waals surface area contributed by atoms with Crippen molar-refractivity contribution in [2.75, 3.05) is 6.67 Å². The molecule has 0 saturated heterocycles. The van der Waals surface area contributed by atoms with Gasteiger partial charge in [0.15, 0.2) is 5.78 Å². The first-order chi connectivity index (χ1) is 13.6. The molecule has 28 heavy (non-hydrogen) atoms. The van der Waals surface area contributed by atoms with E-state index in [1.807, 2.05) is 12.2 Å². The Labute approximate surface area is 168 Å². The summed E-state index contributed by atoms with van der Waals surface area (Å²) in [7, 11) is 0. The van der Waals surface area contributed by atoms with Crippen molar-refractivity contribution in [3.05, 3.63) is 36.0 Å². The molecule has 0 amide bonds. The second-order valence-electron chi connectivity index (χ2n) is 9.49. The maximum Gasteiger partial charge on any atom is 0.155 e. The second kappa shape index (κ2) is 8.08. The summed E-state index contributed by atoms with van der Waals surface area (Å²) in [6.07, 6.45) is 19.3. The van der Waals surface area contributed by atoms with E-state index in [-0.39, 0.29) is 17.1 Å². The Balaban J connectivity index is 1.59. The van der Waals surface area contributed by atoms with Gasteiger partial charge in [-0.3, -0.25) is 9.59 Å². The fourth-order valence-corrected chi connectivity index (χ4v) is 7.29. The summed E-state index contributed by atoms with van der Waals surface area (Å²) in [6.45, 7) is 1.40. The Kier molecular flexibility index (Phi) is 5.71. The third kappa shape index (κ3) is 3.35. The number of carbonyl (C=O) groups excluding carboxylic acids is 2. The first-order valence-electron chi connectivity index (χ1n) is 11.2. The SMILES string of the molecule is CC(=O)[C@H]1CCC2[C@@H]3C=CC4=CC(=O)CCC4[C@@H]3CC[C@@]21CCC/C=C/CF. The van der Waals surface area contributed by atoms with Crippen molar-refractivity contribution in [2.24, 2.45) is 35.0 Å². The topological polar surface area (TPSA) is 34.1 Å². The number of rotatable bonds is 6. The molecular weight excluding hydrogens is 351 g/mol. The maximum absolute atomic E-state index is 12.5. The second-order valence-corrected chi connectivity index (χ2v) is 9.49. The summed E-state index contributed by atoms with van der Waals surface area (Å²) < 4.78 is 12.3. The monoisotopic (exact) mass is 384 g/mol. The number of fused-ring (bicyclic) bond motifs is 5. The lowest BCUT2D eigenvalue weighted by Crippen LogP contribution is -2.47. The number of halogens is 1. The van der Waals surface area contributed by atoms with Crippen molar-refractivity contribution in [1.29, 1.82) is 0 Å². The fraction of sp³-hybridized carbons (Fsp3) is 0.680. The molecule has 6 atom stereocenters. The number of hydrogen-bond acceptors (Lipinski definition) is 2. The lowest BCUT2D eigenvalue weighted by Gasteiger charge is -2.53. The van der Waals surface area contributed by atoms with Gasteiger partial charge in [-0.1, -0.05) is 24.3 Å². The standard InChI is InChI=1S/C25H33FO2/c1-17(27)23-10-11-24-22-8-6-18-16-19(28)7-9-20(18)21(22)12-14-25(23,24)13-4-2-3-5-15-26/h3,5-6,8,16,20-24H,2,4,7,9-15H2,1H3/b5-3+/t20?,21-,22+,23+,24?,25+/m0/s1. The van der Waals surface area contributed by atoms with Crippen molar-refractivity contribution >= 4 is 11.6 Å². The molecule has 2 fully saturated rings. The summed E-state index contributed by atoms with van der Waals surface area (Å²) in [4.78, 5) is 24.4. The van der Waals surface area contributed by atoms with E-state index < -0.39 is 6.67 Å². The molecule has 2 nitrogen and oxygen atoms in total. The first kappa shape index (κ1) is 19.8. The van der Waals surface area contributed by atoms with Crippen molar-refractivity contribution in [3.8, 4) is 0 Å². The molecule has 0 bridgehead atoms. The van der Waals surface area contributed by atoms with Crippen LogP contribution in [0.15, 0.2) is 36.0 Å². The van der Waals surface area contributed by atoms with Crippen LogP contribution in [0, 0.1) is 35.0 Å². The lowest BCUT2D eigenvalue weighted by molar-refractivity contribution is -0.127. The van der Waals surface area contributed by atoms with Gasteiger partial charge in [-0.05, 0) is 99.0 Å². The highest BCUT2D eigenvalue weighted by molar-refractivity contribution is 5.92. The zero-order valence-corrected chi connectivity index (χ0v) is 17.0. The molecule has 0 aromatic heterocycles. The minimum Gasteiger partial charge on any atom is -0.300 e. The van der Waals surface area contributed by atoms with Crippen LogP contribution in [0.1, 0.15) is 64.7 Å². The molecule has 0 heterocycles. The van der Waals surface area contributed by atoms with Crippen molar-refractivity contribution in [3.63, 3.8) is 0 Å². The summed E-state index contributed by atoms with van der Waals surface area (Å²) in [5.74, 6) is 3.15. The van der Waals surface area contributed by atoms with Crippen LogP contribution in [0.4, 0.5) is 4.39 Å². The molecule has 4 rings (SSSR count). The highest BCUT2D eigenvalue weighted by Crippen LogP contribution is 2.64. The molecule has 0 aromatic carbocycles. The van der Waals surface area contributed by atoms with Gasteiger partial charge in [0, 0.05) is 12.3 Å². The van der Waals surface area contributed by atoms with Crippen LogP contribution in [0.3, 0.4) is 0 Å². The van der Waals surface area contributed by atoms with Gasteiger partial charge in [0.25, 0.3) is 0 Å². The molecule has 152 valence electrons. The van der Waals surface area contributed by atoms with E-state index in [4.69, 9.17) is 0 Å². The maximum atomic E-state index is 12.5. The number of hydrogen-bond donors (Lipinski definition) is 0. The molecule has 3 heteroatoms. The number of Topliss-reactive ketones (excluding diaryl/α,β-unsaturated/α-hetero) is 1. The first-order valence-corrected chi connectivity index (χ1v) is 11.2.